The molecular weight excluding hydrogens is 500 g/mol. The second-order valence-corrected chi connectivity index (χ2v) is 5.59. The predicted octanol–water partition coefficient (Wildman–Crippen LogP) is 3.74. The van der Waals surface area contributed by atoms with Crippen LogP contribution in [0.15, 0.2) is 53.5 Å². The Hall–Kier alpha value is -2.50. The summed E-state index contributed by atoms with van der Waals surface area (Å²) in [6.45, 7) is -0.589. The highest BCUT2D eigenvalue weighted by molar-refractivity contribution is 14.0. The van der Waals surface area contributed by atoms with Crippen LogP contribution in [0.5, 0.6) is 5.75 Å². The molecule has 3 N–H and O–H groups in total. The lowest BCUT2D eigenvalue weighted by molar-refractivity contribution is -0.115. The van der Waals surface area contributed by atoms with Gasteiger partial charge in [0, 0.05) is 17.8 Å². The third-order valence-corrected chi connectivity index (χ3v) is 3.47. The number of guanidine groups is 1. The summed E-state index contributed by atoms with van der Waals surface area (Å²) in [7, 11) is 0. The number of carbonyl (C=O) groups is 1. The van der Waals surface area contributed by atoms with Crippen LogP contribution in [-0.2, 0) is 11.3 Å². The number of nitrogens with zero attached hydrogens (tertiary/aromatic N) is 1. The van der Waals surface area contributed by atoms with Gasteiger partial charge in [-0.1, -0.05) is 24.3 Å². The Morgan fingerprint density at radius 3 is 2.59 bits per heavy atom. The molecule has 0 atom stereocenters. The minimum Gasteiger partial charge on any atom is -0.434 e. The van der Waals surface area contributed by atoms with Crippen LogP contribution in [0.25, 0.3) is 0 Å². The van der Waals surface area contributed by atoms with Crippen molar-refractivity contribution in [2.24, 2.45) is 4.99 Å². The number of halogens is 4. The second-order valence-electron chi connectivity index (χ2n) is 5.59. The second kappa shape index (κ2) is 12.9. The van der Waals surface area contributed by atoms with Crippen LogP contribution in [0.2, 0.25) is 0 Å². The van der Waals surface area contributed by atoms with Crippen LogP contribution in [0, 0.1) is 5.82 Å². The van der Waals surface area contributed by atoms with Gasteiger partial charge in [-0.25, -0.2) is 9.38 Å². The van der Waals surface area contributed by atoms with Crippen LogP contribution < -0.4 is 20.7 Å². The van der Waals surface area contributed by atoms with Crippen molar-refractivity contribution in [3.8, 4) is 5.75 Å². The van der Waals surface area contributed by atoms with Gasteiger partial charge >= 0.3 is 6.61 Å². The van der Waals surface area contributed by atoms with Gasteiger partial charge in [-0.3, -0.25) is 4.79 Å². The highest BCUT2D eigenvalue weighted by Crippen LogP contribution is 2.20. The monoisotopic (exact) mass is 522 g/mol. The molecule has 0 aliphatic carbocycles. The molecule has 0 saturated heterocycles. The molecule has 29 heavy (non-hydrogen) atoms. The quantitative estimate of drug-likeness (QED) is 0.281. The molecule has 1 amide bonds. The molecular formula is C19H22F3IN4O2. The first kappa shape index (κ1) is 24.5. The molecule has 0 saturated carbocycles. The van der Waals surface area contributed by atoms with E-state index in [2.05, 4.69) is 25.7 Å². The maximum Gasteiger partial charge on any atom is 0.387 e. The number of benzene rings is 2. The lowest BCUT2D eigenvalue weighted by Crippen LogP contribution is -2.41. The number of anilines is 1. The predicted molar refractivity (Wildman–Crippen MR) is 116 cm³/mol. The van der Waals surface area contributed by atoms with Crippen molar-refractivity contribution in [1.29, 1.82) is 0 Å². The van der Waals surface area contributed by atoms with Crippen molar-refractivity contribution in [1.82, 2.24) is 10.6 Å². The standard InChI is InChI=1S/C19H21F3N4O2.HI/c1-2-23-19(24-11-13-6-3-4-9-16(13)28-18(21)22)25-12-17(27)26-15-8-5-7-14(20)10-15;/h3-10,18H,2,11-12H2,1H3,(H,26,27)(H2,23,24,25);1H. The molecule has 0 unspecified atom stereocenters. The molecule has 2 aromatic rings. The number of hydrogen-bond donors (Lipinski definition) is 3. The maximum atomic E-state index is 13.2. The fourth-order valence-electron chi connectivity index (χ4n) is 2.29. The van der Waals surface area contributed by atoms with E-state index in [9.17, 15) is 18.0 Å². The van der Waals surface area contributed by atoms with E-state index in [4.69, 9.17) is 0 Å². The maximum absolute atomic E-state index is 13.2. The van der Waals surface area contributed by atoms with Crippen LogP contribution in [0.3, 0.4) is 0 Å². The minimum atomic E-state index is -2.93. The van der Waals surface area contributed by atoms with Crippen LogP contribution in [0.4, 0.5) is 18.9 Å². The summed E-state index contributed by atoms with van der Waals surface area (Å²) in [4.78, 5) is 16.3. The van der Waals surface area contributed by atoms with E-state index in [0.29, 0.717) is 23.8 Å². The summed E-state index contributed by atoms with van der Waals surface area (Å²) in [6, 6.07) is 11.9. The van der Waals surface area contributed by atoms with Crippen molar-refractivity contribution < 1.29 is 22.7 Å². The van der Waals surface area contributed by atoms with E-state index in [0.717, 1.165) is 0 Å². The highest BCUT2D eigenvalue weighted by atomic mass is 127. The number of nitrogens with one attached hydrogen (secondary N) is 3. The summed E-state index contributed by atoms with van der Waals surface area (Å²) < 4.78 is 42.6. The number of carbonyl (C=O) groups excluding carboxylic acids is 1. The lowest BCUT2D eigenvalue weighted by atomic mass is 10.2. The Bertz CT molecular complexity index is 822. The molecule has 2 rings (SSSR count). The van der Waals surface area contributed by atoms with E-state index < -0.39 is 18.3 Å². The normalized spacial score (nSPS) is 10.9. The van der Waals surface area contributed by atoms with Crippen molar-refractivity contribution in [3.63, 3.8) is 0 Å². The topological polar surface area (TPSA) is 74.8 Å². The average Bonchev–Trinajstić information content (AvgIpc) is 2.64. The zero-order chi connectivity index (χ0) is 20.4. The summed E-state index contributed by atoms with van der Waals surface area (Å²) in [5, 5.41) is 8.34. The van der Waals surface area contributed by atoms with Gasteiger partial charge in [-0.15, -0.1) is 24.0 Å². The molecule has 0 fully saturated rings. The van der Waals surface area contributed by atoms with E-state index in [1.54, 1.807) is 24.3 Å². The van der Waals surface area contributed by atoms with Gasteiger partial charge in [-0.2, -0.15) is 8.78 Å². The SMILES string of the molecule is CCNC(=NCc1ccccc1OC(F)F)NCC(=O)Nc1cccc(F)c1.I. The van der Waals surface area contributed by atoms with Gasteiger partial charge in [0.1, 0.15) is 11.6 Å². The number of amides is 1. The zero-order valence-electron chi connectivity index (χ0n) is 15.6. The lowest BCUT2D eigenvalue weighted by Gasteiger charge is -2.13. The van der Waals surface area contributed by atoms with Gasteiger partial charge in [0.2, 0.25) is 5.91 Å². The number of alkyl halides is 2. The molecule has 10 heteroatoms. The van der Waals surface area contributed by atoms with E-state index in [1.807, 2.05) is 6.92 Å². The zero-order valence-corrected chi connectivity index (χ0v) is 18.0. The van der Waals surface area contributed by atoms with Gasteiger partial charge in [-0.05, 0) is 31.2 Å². The van der Waals surface area contributed by atoms with Crippen molar-refractivity contribution in [2.45, 2.75) is 20.1 Å². The molecule has 0 heterocycles. The Labute approximate surface area is 184 Å². The number of para-hydroxylation sites is 1. The summed E-state index contributed by atoms with van der Waals surface area (Å²) in [5.41, 5.74) is 0.816. The van der Waals surface area contributed by atoms with Crippen molar-refractivity contribution >= 4 is 41.5 Å². The minimum absolute atomic E-state index is 0. The van der Waals surface area contributed by atoms with Crippen LogP contribution >= 0.6 is 24.0 Å². The average molecular weight is 522 g/mol. The number of hydrogen-bond acceptors (Lipinski definition) is 3. The first-order chi connectivity index (χ1) is 13.5. The Morgan fingerprint density at radius 2 is 1.90 bits per heavy atom. The molecule has 2 aromatic carbocycles. The van der Waals surface area contributed by atoms with Crippen LogP contribution in [-0.4, -0.2) is 31.6 Å². The van der Waals surface area contributed by atoms with E-state index >= 15 is 0 Å². The molecule has 0 spiro atoms. The molecule has 0 aromatic heterocycles. The third-order valence-electron chi connectivity index (χ3n) is 3.47. The van der Waals surface area contributed by atoms with Crippen molar-refractivity contribution in [2.75, 3.05) is 18.4 Å². The Balaban J connectivity index is 0.00000420. The Morgan fingerprint density at radius 1 is 1.14 bits per heavy atom. The van der Waals surface area contributed by atoms with Gasteiger partial charge in [0.25, 0.3) is 0 Å². The van der Waals surface area contributed by atoms with E-state index in [-0.39, 0.29) is 42.8 Å². The number of ether oxygens (including phenoxy) is 1. The molecule has 6 nitrogen and oxygen atoms in total. The fourth-order valence-corrected chi connectivity index (χ4v) is 2.29. The fraction of sp³-hybridized carbons (Fsp3) is 0.263. The molecule has 0 radical (unpaired) electrons. The third kappa shape index (κ3) is 9.03. The largest absolute Gasteiger partial charge is 0.434 e. The van der Waals surface area contributed by atoms with Gasteiger partial charge < -0.3 is 20.7 Å². The number of rotatable bonds is 8. The molecule has 0 aliphatic rings. The number of aliphatic imine (C=N–C) groups is 1. The van der Waals surface area contributed by atoms with E-state index in [1.165, 1.54) is 24.3 Å². The first-order valence-corrected chi connectivity index (χ1v) is 8.58. The molecule has 0 aliphatic heterocycles. The summed E-state index contributed by atoms with van der Waals surface area (Å²) >= 11 is 0. The highest BCUT2D eigenvalue weighted by Gasteiger charge is 2.09. The molecule has 0 bridgehead atoms. The van der Waals surface area contributed by atoms with Crippen molar-refractivity contribution in [3.05, 3.63) is 59.9 Å². The summed E-state index contributed by atoms with van der Waals surface area (Å²) in [6.07, 6.45) is 0. The van der Waals surface area contributed by atoms with Gasteiger partial charge in [0.15, 0.2) is 5.96 Å². The first-order valence-electron chi connectivity index (χ1n) is 8.58. The summed E-state index contributed by atoms with van der Waals surface area (Å²) in [5.74, 6) is -0.479. The van der Waals surface area contributed by atoms with Crippen LogP contribution in [0.1, 0.15) is 12.5 Å². The Kier molecular flexibility index (Phi) is 10.9. The van der Waals surface area contributed by atoms with Gasteiger partial charge in [0.05, 0.1) is 13.1 Å². The smallest absolute Gasteiger partial charge is 0.387 e. The molecule has 158 valence electrons.